The van der Waals surface area contributed by atoms with Gasteiger partial charge in [0.25, 0.3) is 0 Å². The van der Waals surface area contributed by atoms with Crippen molar-refractivity contribution in [2.45, 2.75) is 18.7 Å². The van der Waals surface area contributed by atoms with Crippen LogP contribution in [0.1, 0.15) is 12.1 Å². The molecule has 1 aromatic heterocycles. The number of hydrogen-bond donors (Lipinski definition) is 0. The number of hydrogen-bond acceptors (Lipinski definition) is 3. The summed E-state index contributed by atoms with van der Waals surface area (Å²) in [6, 6.07) is 3.94. The van der Waals surface area contributed by atoms with Crippen LogP contribution in [0, 0.1) is 0 Å². The van der Waals surface area contributed by atoms with E-state index in [0.29, 0.717) is 25.5 Å². The van der Waals surface area contributed by atoms with E-state index in [1.165, 1.54) is 6.07 Å². The average Bonchev–Trinajstić information content (AvgIpc) is 2.84. The summed E-state index contributed by atoms with van der Waals surface area (Å²) >= 11 is 0. The van der Waals surface area contributed by atoms with Gasteiger partial charge in [-0.2, -0.15) is 13.2 Å². The van der Waals surface area contributed by atoms with Gasteiger partial charge in [-0.05, 0) is 18.6 Å². The van der Waals surface area contributed by atoms with E-state index in [-0.39, 0.29) is 6.10 Å². The van der Waals surface area contributed by atoms with Crippen molar-refractivity contribution in [2.75, 3.05) is 24.6 Å². The standard InChI is InChI=1S/C13H15F3N2O/c1-2-8-19-10-6-7-18(9-10)12-5-3-4-11(17-12)13(14,15)16/h2-5,10H,1,6-9H2. The second-order valence-corrected chi connectivity index (χ2v) is 4.36. The van der Waals surface area contributed by atoms with Gasteiger partial charge in [-0.3, -0.25) is 0 Å². The molecule has 1 aliphatic rings. The number of ether oxygens (including phenoxy) is 1. The topological polar surface area (TPSA) is 25.4 Å². The first-order valence-electron chi connectivity index (χ1n) is 6.02. The van der Waals surface area contributed by atoms with E-state index in [1.54, 1.807) is 12.1 Å². The number of aromatic nitrogens is 1. The Bertz CT molecular complexity index is 448. The maximum Gasteiger partial charge on any atom is 0.433 e. The van der Waals surface area contributed by atoms with Gasteiger partial charge in [0.15, 0.2) is 0 Å². The normalized spacial score (nSPS) is 19.7. The fourth-order valence-corrected chi connectivity index (χ4v) is 2.03. The predicted octanol–water partition coefficient (Wildman–Crippen LogP) is 2.88. The first kappa shape index (κ1) is 13.9. The monoisotopic (exact) mass is 272 g/mol. The Morgan fingerprint density at radius 1 is 1.47 bits per heavy atom. The van der Waals surface area contributed by atoms with Crippen molar-refractivity contribution in [3.63, 3.8) is 0 Å². The lowest BCUT2D eigenvalue weighted by atomic mass is 10.3. The molecule has 1 aliphatic heterocycles. The average molecular weight is 272 g/mol. The summed E-state index contributed by atoms with van der Waals surface area (Å²) in [5.74, 6) is 0.347. The van der Waals surface area contributed by atoms with Gasteiger partial charge >= 0.3 is 6.18 Å². The fraction of sp³-hybridized carbons (Fsp3) is 0.462. The Morgan fingerprint density at radius 2 is 2.26 bits per heavy atom. The van der Waals surface area contributed by atoms with Gasteiger partial charge < -0.3 is 9.64 Å². The molecule has 1 unspecified atom stereocenters. The third-order valence-electron chi connectivity index (χ3n) is 2.94. The van der Waals surface area contributed by atoms with Crippen LogP contribution in [0.3, 0.4) is 0 Å². The zero-order valence-electron chi connectivity index (χ0n) is 10.4. The highest BCUT2D eigenvalue weighted by molar-refractivity contribution is 5.41. The third-order valence-corrected chi connectivity index (χ3v) is 2.94. The highest BCUT2D eigenvalue weighted by Gasteiger charge is 2.33. The van der Waals surface area contributed by atoms with E-state index in [1.807, 2.05) is 4.90 Å². The second-order valence-electron chi connectivity index (χ2n) is 4.36. The summed E-state index contributed by atoms with van der Waals surface area (Å²) in [4.78, 5) is 5.47. The van der Waals surface area contributed by atoms with Crippen molar-refractivity contribution in [3.8, 4) is 0 Å². The highest BCUT2D eigenvalue weighted by Crippen LogP contribution is 2.29. The molecule has 2 heterocycles. The molecule has 0 amide bonds. The minimum atomic E-state index is -4.41. The summed E-state index contributed by atoms with van der Waals surface area (Å²) in [5.41, 5.74) is -0.861. The quantitative estimate of drug-likeness (QED) is 0.788. The van der Waals surface area contributed by atoms with Gasteiger partial charge in [-0.15, -0.1) is 6.58 Å². The lowest BCUT2D eigenvalue weighted by Gasteiger charge is -2.18. The molecule has 0 aliphatic carbocycles. The SMILES string of the molecule is C=CCOC1CCN(c2cccc(C(F)(F)F)n2)C1. The molecule has 2 rings (SSSR count). The van der Waals surface area contributed by atoms with Gasteiger partial charge in [-0.25, -0.2) is 4.98 Å². The number of rotatable bonds is 4. The van der Waals surface area contributed by atoms with Gasteiger partial charge in [0.05, 0.1) is 12.7 Å². The number of alkyl halides is 3. The molecule has 0 saturated carbocycles. The van der Waals surface area contributed by atoms with Crippen molar-refractivity contribution < 1.29 is 17.9 Å². The molecule has 19 heavy (non-hydrogen) atoms. The van der Waals surface area contributed by atoms with Crippen LogP contribution in [-0.2, 0) is 10.9 Å². The van der Waals surface area contributed by atoms with Crippen LogP contribution in [-0.4, -0.2) is 30.8 Å². The van der Waals surface area contributed by atoms with Crippen LogP contribution >= 0.6 is 0 Å². The minimum Gasteiger partial charge on any atom is -0.372 e. The van der Waals surface area contributed by atoms with Crippen molar-refractivity contribution in [1.82, 2.24) is 4.98 Å². The van der Waals surface area contributed by atoms with E-state index in [9.17, 15) is 13.2 Å². The molecule has 0 bridgehead atoms. The lowest BCUT2D eigenvalue weighted by Crippen LogP contribution is -2.24. The van der Waals surface area contributed by atoms with Crippen molar-refractivity contribution in [2.24, 2.45) is 0 Å². The Hall–Kier alpha value is -1.56. The molecule has 104 valence electrons. The van der Waals surface area contributed by atoms with E-state index in [0.717, 1.165) is 12.5 Å². The minimum absolute atomic E-state index is 0.0225. The summed E-state index contributed by atoms with van der Waals surface area (Å²) in [6.07, 6.45) is -1.94. The van der Waals surface area contributed by atoms with Crippen LogP contribution < -0.4 is 4.90 Å². The number of halogens is 3. The summed E-state index contributed by atoms with van der Waals surface area (Å²) in [5, 5.41) is 0. The molecule has 1 atom stereocenters. The van der Waals surface area contributed by atoms with Gasteiger partial charge in [0.2, 0.25) is 0 Å². The van der Waals surface area contributed by atoms with Crippen LogP contribution in [0.4, 0.5) is 19.0 Å². The fourth-order valence-electron chi connectivity index (χ4n) is 2.03. The van der Waals surface area contributed by atoms with Crippen LogP contribution in [0.5, 0.6) is 0 Å². The molecule has 1 saturated heterocycles. The first-order valence-corrected chi connectivity index (χ1v) is 6.02. The summed E-state index contributed by atoms with van der Waals surface area (Å²) < 4.78 is 43.2. The van der Waals surface area contributed by atoms with E-state index in [2.05, 4.69) is 11.6 Å². The highest BCUT2D eigenvalue weighted by atomic mass is 19.4. The first-order chi connectivity index (χ1) is 9.00. The molecule has 0 N–H and O–H groups in total. The molecule has 0 aromatic carbocycles. The van der Waals surface area contributed by atoms with Crippen molar-refractivity contribution in [3.05, 3.63) is 36.5 Å². The molecule has 6 heteroatoms. The molecule has 0 radical (unpaired) electrons. The van der Waals surface area contributed by atoms with E-state index in [4.69, 9.17) is 4.74 Å². The van der Waals surface area contributed by atoms with Crippen LogP contribution in [0.25, 0.3) is 0 Å². The third kappa shape index (κ3) is 3.47. The van der Waals surface area contributed by atoms with E-state index >= 15 is 0 Å². The zero-order valence-corrected chi connectivity index (χ0v) is 10.4. The Kier molecular flexibility index (Phi) is 4.09. The van der Waals surface area contributed by atoms with E-state index < -0.39 is 11.9 Å². The van der Waals surface area contributed by atoms with Gasteiger partial charge in [0.1, 0.15) is 11.5 Å². The number of pyridine rings is 1. The second kappa shape index (κ2) is 5.61. The van der Waals surface area contributed by atoms with Crippen LogP contribution in [0.2, 0.25) is 0 Å². The maximum atomic E-state index is 12.6. The van der Waals surface area contributed by atoms with Gasteiger partial charge in [0, 0.05) is 13.1 Å². The molecule has 3 nitrogen and oxygen atoms in total. The number of anilines is 1. The Morgan fingerprint density at radius 3 is 2.95 bits per heavy atom. The van der Waals surface area contributed by atoms with Crippen molar-refractivity contribution in [1.29, 1.82) is 0 Å². The number of nitrogens with zero attached hydrogens (tertiary/aromatic N) is 2. The lowest BCUT2D eigenvalue weighted by molar-refractivity contribution is -0.141. The largest absolute Gasteiger partial charge is 0.433 e. The summed E-state index contributed by atoms with van der Waals surface area (Å²) in [6.45, 7) is 5.22. The molecule has 1 fully saturated rings. The Balaban J connectivity index is 2.05. The zero-order chi connectivity index (χ0) is 13.9. The van der Waals surface area contributed by atoms with Crippen LogP contribution in [0.15, 0.2) is 30.9 Å². The molecule has 1 aromatic rings. The maximum absolute atomic E-state index is 12.6. The summed E-state index contributed by atoms with van der Waals surface area (Å²) in [7, 11) is 0. The molecular weight excluding hydrogens is 257 g/mol. The smallest absolute Gasteiger partial charge is 0.372 e. The molecule has 0 spiro atoms. The van der Waals surface area contributed by atoms with Crippen molar-refractivity contribution >= 4 is 5.82 Å². The van der Waals surface area contributed by atoms with Gasteiger partial charge in [-0.1, -0.05) is 12.1 Å². The predicted molar refractivity (Wildman–Crippen MR) is 66.0 cm³/mol. The Labute approximate surface area is 109 Å². The molecular formula is C13H15F3N2O.